The molecule has 0 unspecified atom stereocenters. The zero-order valence-corrected chi connectivity index (χ0v) is 15.6. The minimum atomic E-state index is -0.00712. The first-order valence-electron chi connectivity index (χ1n) is 7.66. The van der Waals surface area contributed by atoms with E-state index >= 15 is 0 Å². The Bertz CT molecular complexity index is 723. The van der Waals surface area contributed by atoms with E-state index in [1.165, 1.54) is 6.92 Å². The maximum Gasteiger partial charge on any atom is 0.167 e. The molecule has 0 saturated heterocycles. The lowest BCUT2D eigenvalue weighted by molar-refractivity contribution is -0.118. The number of ether oxygens (including phenoxy) is 2. The van der Waals surface area contributed by atoms with E-state index in [4.69, 9.17) is 32.7 Å². The average molecular weight is 380 g/mol. The van der Waals surface area contributed by atoms with Gasteiger partial charge in [-0.3, -0.25) is 4.79 Å². The van der Waals surface area contributed by atoms with Gasteiger partial charge in [-0.2, -0.15) is 0 Å². The molecular weight excluding hydrogens is 361 g/mol. The van der Waals surface area contributed by atoms with Crippen LogP contribution >= 0.6 is 23.2 Å². The first-order chi connectivity index (χ1) is 12.0. The molecule has 0 atom stereocenters. The number of anilines is 2. The summed E-state index contributed by atoms with van der Waals surface area (Å²) in [7, 11) is 1.97. The fraction of sp³-hybridized carbons (Fsp3) is 0.211. The van der Waals surface area contributed by atoms with Crippen molar-refractivity contribution in [3.8, 4) is 11.5 Å². The highest BCUT2D eigenvalue weighted by atomic mass is 35.5. The van der Waals surface area contributed by atoms with Gasteiger partial charge in [0.15, 0.2) is 5.78 Å². The largest absolute Gasteiger partial charge is 0.489 e. The third-order valence-corrected chi connectivity index (χ3v) is 3.69. The third-order valence-electron chi connectivity index (χ3n) is 3.38. The molecule has 2 aromatic carbocycles. The number of hydrogen-bond acceptors (Lipinski definition) is 4. The van der Waals surface area contributed by atoms with Gasteiger partial charge >= 0.3 is 0 Å². The van der Waals surface area contributed by atoms with E-state index in [2.05, 4.69) is 0 Å². The van der Waals surface area contributed by atoms with Gasteiger partial charge in [-0.1, -0.05) is 23.2 Å². The Morgan fingerprint density at radius 1 is 0.960 bits per heavy atom. The minimum Gasteiger partial charge on any atom is -0.489 e. The number of benzene rings is 2. The van der Waals surface area contributed by atoms with Crippen molar-refractivity contribution in [2.24, 2.45) is 0 Å². The van der Waals surface area contributed by atoms with Crippen LogP contribution in [0.2, 0.25) is 0 Å². The van der Waals surface area contributed by atoms with Crippen molar-refractivity contribution >= 4 is 40.4 Å². The fourth-order valence-electron chi connectivity index (χ4n) is 2.07. The molecule has 0 radical (unpaired) electrons. The van der Waals surface area contributed by atoms with E-state index in [0.29, 0.717) is 12.4 Å². The van der Waals surface area contributed by atoms with Gasteiger partial charge in [0.1, 0.15) is 29.2 Å². The van der Waals surface area contributed by atoms with E-state index in [-0.39, 0.29) is 16.9 Å². The van der Waals surface area contributed by atoms with Gasteiger partial charge in [-0.25, -0.2) is 0 Å². The van der Waals surface area contributed by atoms with Crippen LogP contribution in [0.3, 0.4) is 0 Å². The number of Topliss-reactive ketones (excluding diaryl/α,β-unsaturated/α-hetero) is 1. The normalized spacial score (nSPS) is 10.1. The lowest BCUT2D eigenvalue weighted by atomic mass is 10.2. The van der Waals surface area contributed by atoms with Crippen molar-refractivity contribution in [3.63, 3.8) is 0 Å². The Balaban J connectivity index is 1.98. The summed E-state index contributed by atoms with van der Waals surface area (Å²) in [5.74, 6) is 1.39. The fourth-order valence-corrected chi connectivity index (χ4v) is 2.19. The lowest BCUT2D eigenvalue weighted by Gasteiger charge is -2.20. The van der Waals surface area contributed by atoms with Crippen LogP contribution in [-0.4, -0.2) is 26.0 Å². The Morgan fingerprint density at radius 3 is 1.88 bits per heavy atom. The number of ketones is 1. The molecule has 0 N–H and O–H groups in total. The molecule has 132 valence electrons. The number of hydrogen-bond donors (Lipinski definition) is 0. The van der Waals surface area contributed by atoms with Crippen molar-refractivity contribution in [2.45, 2.75) is 6.92 Å². The first kappa shape index (κ1) is 19.2. The van der Waals surface area contributed by atoms with Crippen LogP contribution in [0.5, 0.6) is 11.5 Å². The van der Waals surface area contributed by atoms with E-state index in [0.717, 1.165) is 17.1 Å². The second kappa shape index (κ2) is 9.35. The van der Waals surface area contributed by atoms with Gasteiger partial charge in [-0.05, 0) is 61.5 Å². The van der Waals surface area contributed by atoms with Crippen molar-refractivity contribution in [3.05, 3.63) is 59.1 Å². The summed E-state index contributed by atoms with van der Waals surface area (Å²) >= 11 is 11.1. The van der Waals surface area contributed by atoms with Gasteiger partial charge in [-0.15, -0.1) is 0 Å². The SMILES string of the molecule is CC(=O)COc1ccc(N(C)c2ccc(OCC=C(Cl)Cl)cc2)cc1. The maximum absolute atomic E-state index is 10.9. The van der Waals surface area contributed by atoms with Crippen LogP contribution in [0.4, 0.5) is 11.4 Å². The molecule has 0 saturated carbocycles. The molecule has 0 bridgehead atoms. The first-order valence-corrected chi connectivity index (χ1v) is 8.41. The third kappa shape index (κ3) is 6.33. The molecule has 25 heavy (non-hydrogen) atoms. The van der Waals surface area contributed by atoms with Gasteiger partial charge in [0.25, 0.3) is 0 Å². The Kier molecular flexibility index (Phi) is 7.16. The van der Waals surface area contributed by atoms with Crippen molar-refractivity contribution in [1.29, 1.82) is 0 Å². The molecule has 0 aromatic heterocycles. The van der Waals surface area contributed by atoms with Gasteiger partial charge < -0.3 is 14.4 Å². The quantitative estimate of drug-likeness (QED) is 0.637. The van der Waals surface area contributed by atoms with Crippen molar-refractivity contribution in [2.75, 3.05) is 25.2 Å². The Hall–Kier alpha value is -2.17. The van der Waals surface area contributed by atoms with E-state index in [1.807, 2.05) is 60.5 Å². The summed E-state index contributed by atoms with van der Waals surface area (Å²) < 4.78 is 11.1. The predicted molar refractivity (Wildman–Crippen MR) is 102 cm³/mol. The highest BCUT2D eigenvalue weighted by molar-refractivity contribution is 6.55. The topological polar surface area (TPSA) is 38.8 Å². The standard InChI is InChI=1S/C19H19Cl2NO3/c1-14(23)13-25-18-9-5-16(6-10-18)22(2)15-3-7-17(8-4-15)24-12-11-19(20)21/h3-11H,12-13H2,1-2H3. The number of nitrogens with zero attached hydrogens (tertiary/aromatic N) is 1. The number of carbonyl (C=O) groups excluding carboxylic acids is 1. The summed E-state index contributed by atoms with van der Waals surface area (Å²) in [5, 5.41) is 0. The number of rotatable bonds is 8. The number of carbonyl (C=O) groups is 1. The summed E-state index contributed by atoms with van der Waals surface area (Å²) in [6.45, 7) is 1.90. The van der Waals surface area contributed by atoms with E-state index in [1.54, 1.807) is 6.08 Å². The van der Waals surface area contributed by atoms with E-state index < -0.39 is 0 Å². The van der Waals surface area contributed by atoms with Crippen LogP contribution in [0.15, 0.2) is 59.1 Å². The van der Waals surface area contributed by atoms with Gasteiger partial charge in [0.05, 0.1) is 0 Å². The van der Waals surface area contributed by atoms with Crippen LogP contribution < -0.4 is 14.4 Å². The van der Waals surface area contributed by atoms with Crippen LogP contribution in [-0.2, 0) is 4.79 Å². The monoisotopic (exact) mass is 379 g/mol. The molecule has 2 aromatic rings. The second-order valence-corrected chi connectivity index (χ2v) is 6.35. The van der Waals surface area contributed by atoms with Crippen molar-refractivity contribution < 1.29 is 14.3 Å². The number of halogens is 2. The van der Waals surface area contributed by atoms with Crippen LogP contribution in [0.1, 0.15) is 6.92 Å². The molecule has 0 heterocycles. The zero-order chi connectivity index (χ0) is 18.2. The molecule has 2 rings (SSSR count). The minimum absolute atomic E-state index is 0.00712. The van der Waals surface area contributed by atoms with E-state index in [9.17, 15) is 4.79 Å². The molecule has 6 heteroatoms. The molecular formula is C19H19Cl2NO3. The average Bonchev–Trinajstić information content (AvgIpc) is 2.60. The molecule has 0 amide bonds. The molecule has 0 aliphatic carbocycles. The maximum atomic E-state index is 10.9. The van der Waals surface area contributed by atoms with Gasteiger partial charge in [0.2, 0.25) is 0 Å². The predicted octanol–water partition coefficient (Wildman–Crippen LogP) is 5.12. The highest BCUT2D eigenvalue weighted by Crippen LogP contribution is 2.27. The van der Waals surface area contributed by atoms with Crippen LogP contribution in [0, 0.1) is 0 Å². The second-order valence-electron chi connectivity index (χ2n) is 5.34. The summed E-state index contributed by atoms with van der Waals surface area (Å²) in [4.78, 5) is 13.0. The van der Waals surface area contributed by atoms with Gasteiger partial charge in [0, 0.05) is 18.4 Å². The smallest absolute Gasteiger partial charge is 0.167 e. The molecule has 0 fully saturated rings. The molecule has 0 spiro atoms. The molecule has 0 aliphatic heterocycles. The Labute approximate surface area is 157 Å². The Morgan fingerprint density at radius 2 is 1.44 bits per heavy atom. The van der Waals surface area contributed by atoms with Crippen molar-refractivity contribution in [1.82, 2.24) is 0 Å². The van der Waals surface area contributed by atoms with Crippen LogP contribution in [0.25, 0.3) is 0 Å². The zero-order valence-electron chi connectivity index (χ0n) is 14.0. The molecule has 4 nitrogen and oxygen atoms in total. The summed E-state index contributed by atoms with van der Waals surface area (Å²) in [5.41, 5.74) is 2.01. The lowest BCUT2D eigenvalue weighted by Crippen LogP contribution is -2.10. The highest BCUT2D eigenvalue weighted by Gasteiger charge is 2.05. The summed E-state index contributed by atoms with van der Waals surface area (Å²) in [6, 6.07) is 15.2. The summed E-state index contributed by atoms with van der Waals surface area (Å²) in [6.07, 6.45) is 1.58. The molecule has 0 aliphatic rings.